The molecule has 1 heterocycles. The van der Waals surface area contributed by atoms with Gasteiger partial charge in [0, 0.05) is 5.56 Å². The van der Waals surface area contributed by atoms with Gasteiger partial charge in [-0.2, -0.15) is 0 Å². The van der Waals surface area contributed by atoms with Crippen LogP contribution in [-0.2, 0) is 6.61 Å². The number of carbonyl (C=O) groups excluding carboxylic acids is 1. The molecule has 1 atom stereocenters. The number of nitrogens with one attached hydrogen (secondary N) is 1. The smallest absolute Gasteiger partial charge is 0.251 e. The first-order valence-corrected chi connectivity index (χ1v) is 8.55. The topological polar surface area (TPSA) is 64.4 Å². The van der Waals surface area contributed by atoms with Crippen LogP contribution in [0.5, 0.6) is 5.75 Å². The Morgan fingerprint density at radius 1 is 1.12 bits per heavy atom. The first kappa shape index (κ1) is 17.7. The van der Waals surface area contributed by atoms with Gasteiger partial charge in [-0.3, -0.25) is 4.79 Å². The average Bonchev–Trinajstić information content (AvgIpc) is 2.99. The third-order valence-corrected chi connectivity index (χ3v) is 4.33. The quantitative estimate of drug-likeness (QED) is 0.717. The first-order chi connectivity index (χ1) is 12.5. The van der Waals surface area contributed by atoms with Gasteiger partial charge in [-0.15, -0.1) is 0 Å². The highest BCUT2D eigenvalue weighted by atomic mass is 16.5. The number of benzene rings is 2. The molecule has 0 aliphatic heterocycles. The largest absolute Gasteiger partial charge is 0.489 e. The summed E-state index contributed by atoms with van der Waals surface area (Å²) in [5.41, 5.74) is 3.44. The van der Waals surface area contributed by atoms with Crippen LogP contribution in [0.4, 0.5) is 0 Å². The van der Waals surface area contributed by atoms with E-state index in [0.29, 0.717) is 17.9 Å². The molecule has 1 N–H and O–H groups in total. The van der Waals surface area contributed by atoms with Gasteiger partial charge in [0.25, 0.3) is 5.91 Å². The maximum atomic E-state index is 12.4. The van der Waals surface area contributed by atoms with E-state index < -0.39 is 0 Å². The molecule has 0 saturated carbocycles. The number of ether oxygens (including phenoxy) is 1. The molecule has 26 heavy (non-hydrogen) atoms. The summed E-state index contributed by atoms with van der Waals surface area (Å²) in [5.74, 6) is 1.34. The molecule has 0 radical (unpaired) electrons. The molecule has 1 amide bonds. The van der Waals surface area contributed by atoms with Crippen LogP contribution in [0.3, 0.4) is 0 Å². The van der Waals surface area contributed by atoms with Gasteiger partial charge in [0.1, 0.15) is 18.1 Å². The molecule has 0 bridgehead atoms. The average molecular weight is 350 g/mol. The molecule has 3 aromatic rings. The van der Waals surface area contributed by atoms with E-state index in [1.807, 2.05) is 51.1 Å². The van der Waals surface area contributed by atoms with Gasteiger partial charge >= 0.3 is 0 Å². The molecule has 2 aromatic carbocycles. The monoisotopic (exact) mass is 350 g/mol. The van der Waals surface area contributed by atoms with Crippen molar-refractivity contribution in [3.63, 3.8) is 0 Å². The standard InChI is InChI=1S/C21H22N2O3/c1-14(17-7-5-4-6-8-17)22-21(24)18-9-11-19(12-10-18)25-13-20-15(2)23-26-16(20)3/h4-12,14H,13H2,1-3H3,(H,22,24)/t14-/m1/s1. The molecule has 3 rings (SSSR count). The molecule has 0 fully saturated rings. The summed E-state index contributed by atoms with van der Waals surface area (Å²) in [4.78, 5) is 12.4. The zero-order valence-electron chi connectivity index (χ0n) is 15.2. The predicted molar refractivity (Wildman–Crippen MR) is 99.1 cm³/mol. The minimum atomic E-state index is -0.112. The Balaban J connectivity index is 1.59. The highest BCUT2D eigenvalue weighted by Crippen LogP contribution is 2.18. The summed E-state index contributed by atoms with van der Waals surface area (Å²) in [6.07, 6.45) is 0. The number of nitrogens with zero attached hydrogens (tertiary/aromatic N) is 1. The Labute approximate surface area is 153 Å². The van der Waals surface area contributed by atoms with E-state index in [1.165, 1.54) is 0 Å². The number of amides is 1. The molecule has 134 valence electrons. The molecule has 0 aliphatic carbocycles. The fraction of sp³-hybridized carbons (Fsp3) is 0.238. The lowest BCUT2D eigenvalue weighted by Gasteiger charge is -2.14. The summed E-state index contributed by atoms with van der Waals surface area (Å²) in [6.45, 7) is 6.10. The Hall–Kier alpha value is -3.08. The van der Waals surface area contributed by atoms with Gasteiger partial charge in [0.05, 0.1) is 17.3 Å². The second-order valence-corrected chi connectivity index (χ2v) is 6.22. The summed E-state index contributed by atoms with van der Waals surface area (Å²) in [5, 5.41) is 6.91. The predicted octanol–water partition coefficient (Wildman–Crippen LogP) is 4.36. The van der Waals surface area contributed by atoms with Crippen LogP contribution in [-0.4, -0.2) is 11.1 Å². The number of hydrogen-bond acceptors (Lipinski definition) is 4. The number of aryl methyl sites for hydroxylation is 2. The van der Waals surface area contributed by atoms with Gasteiger partial charge in [0.2, 0.25) is 0 Å². The fourth-order valence-corrected chi connectivity index (χ4v) is 2.67. The minimum absolute atomic E-state index is 0.0563. The van der Waals surface area contributed by atoms with E-state index >= 15 is 0 Å². The van der Waals surface area contributed by atoms with Crippen LogP contribution in [0, 0.1) is 13.8 Å². The molecular formula is C21H22N2O3. The lowest BCUT2D eigenvalue weighted by molar-refractivity contribution is 0.0940. The van der Waals surface area contributed by atoms with E-state index in [1.54, 1.807) is 24.3 Å². The van der Waals surface area contributed by atoms with Crippen molar-refractivity contribution in [1.82, 2.24) is 10.5 Å². The Bertz CT molecular complexity index is 851. The third kappa shape index (κ3) is 4.11. The molecule has 5 nitrogen and oxygen atoms in total. The number of aromatic nitrogens is 1. The van der Waals surface area contributed by atoms with Crippen LogP contribution in [0.1, 0.15) is 45.9 Å². The number of carbonyl (C=O) groups is 1. The fourth-order valence-electron chi connectivity index (χ4n) is 2.67. The lowest BCUT2D eigenvalue weighted by atomic mass is 10.1. The van der Waals surface area contributed by atoms with E-state index in [2.05, 4.69) is 10.5 Å². The number of rotatable bonds is 6. The summed E-state index contributed by atoms with van der Waals surface area (Å²) >= 11 is 0. The molecule has 5 heteroatoms. The molecule has 0 unspecified atom stereocenters. The van der Waals surface area contributed by atoms with Gasteiger partial charge in [-0.05, 0) is 50.6 Å². The van der Waals surface area contributed by atoms with Gasteiger partial charge < -0.3 is 14.6 Å². The van der Waals surface area contributed by atoms with Crippen molar-refractivity contribution in [1.29, 1.82) is 0 Å². The molecule has 0 spiro atoms. The van der Waals surface area contributed by atoms with Gasteiger partial charge in [-0.25, -0.2) is 0 Å². The molecule has 0 saturated heterocycles. The molecular weight excluding hydrogens is 328 g/mol. The number of hydrogen-bond donors (Lipinski definition) is 1. The highest BCUT2D eigenvalue weighted by Gasteiger charge is 2.12. The summed E-state index contributed by atoms with van der Waals surface area (Å²) in [7, 11) is 0. The van der Waals surface area contributed by atoms with Crippen LogP contribution < -0.4 is 10.1 Å². The van der Waals surface area contributed by atoms with Crippen molar-refractivity contribution in [2.45, 2.75) is 33.4 Å². The van der Waals surface area contributed by atoms with Crippen LogP contribution in [0.15, 0.2) is 59.1 Å². The van der Waals surface area contributed by atoms with Crippen molar-refractivity contribution in [3.8, 4) is 5.75 Å². The molecule has 0 aliphatic rings. The van der Waals surface area contributed by atoms with Crippen molar-refractivity contribution in [2.24, 2.45) is 0 Å². The van der Waals surface area contributed by atoms with Crippen LogP contribution in [0.25, 0.3) is 0 Å². The first-order valence-electron chi connectivity index (χ1n) is 8.55. The van der Waals surface area contributed by atoms with E-state index in [-0.39, 0.29) is 11.9 Å². The maximum absolute atomic E-state index is 12.4. The van der Waals surface area contributed by atoms with Crippen molar-refractivity contribution >= 4 is 5.91 Å². The van der Waals surface area contributed by atoms with E-state index in [0.717, 1.165) is 22.6 Å². The minimum Gasteiger partial charge on any atom is -0.489 e. The third-order valence-electron chi connectivity index (χ3n) is 4.33. The molecule has 1 aromatic heterocycles. The summed E-state index contributed by atoms with van der Waals surface area (Å²) < 4.78 is 10.9. The maximum Gasteiger partial charge on any atom is 0.251 e. The normalized spacial score (nSPS) is 11.8. The second-order valence-electron chi connectivity index (χ2n) is 6.22. The lowest BCUT2D eigenvalue weighted by Crippen LogP contribution is -2.26. The van der Waals surface area contributed by atoms with Crippen LogP contribution in [0.2, 0.25) is 0 Å². The van der Waals surface area contributed by atoms with Crippen molar-refractivity contribution < 1.29 is 14.1 Å². The van der Waals surface area contributed by atoms with Gasteiger partial charge in [-0.1, -0.05) is 35.5 Å². The highest BCUT2D eigenvalue weighted by molar-refractivity contribution is 5.94. The van der Waals surface area contributed by atoms with Gasteiger partial charge in [0.15, 0.2) is 0 Å². The SMILES string of the molecule is Cc1noc(C)c1COc1ccc(C(=O)N[C@H](C)c2ccccc2)cc1. The zero-order chi connectivity index (χ0) is 18.5. The Kier molecular flexibility index (Phi) is 5.37. The van der Waals surface area contributed by atoms with E-state index in [9.17, 15) is 4.79 Å². The zero-order valence-corrected chi connectivity index (χ0v) is 15.2. The Morgan fingerprint density at radius 3 is 2.42 bits per heavy atom. The van der Waals surface area contributed by atoms with Crippen molar-refractivity contribution in [3.05, 3.63) is 82.7 Å². The van der Waals surface area contributed by atoms with Crippen LogP contribution >= 0.6 is 0 Å². The second kappa shape index (κ2) is 7.87. The summed E-state index contributed by atoms with van der Waals surface area (Å²) in [6, 6.07) is 16.9. The Morgan fingerprint density at radius 2 is 1.81 bits per heavy atom. The van der Waals surface area contributed by atoms with E-state index in [4.69, 9.17) is 9.26 Å². The van der Waals surface area contributed by atoms with Crippen molar-refractivity contribution in [2.75, 3.05) is 0 Å².